The number of rotatable bonds is 2. The summed E-state index contributed by atoms with van der Waals surface area (Å²) in [4.78, 5) is 13.3. The number of likely N-dealkylation sites (N-methyl/N-ethyl adjacent to an activating group) is 1. The quantitative estimate of drug-likeness (QED) is 0.406. The second-order valence-corrected chi connectivity index (χ2v) is 10.2. The van der Waals surface area contributed by atoms with Gasteiger partial charge in [0, 0.05) is 47.7 Å². The van der Waals surface area contributed by atoms with Gasteiger partial charge in [-0.1, -0.05) is 36.4 Å². The molecule has 2 aromatic heterocycles. The van der Waals surface area contributed by atoms with Crippen LogP contribution in [0.2, 0.25) is 0 Å². The summed E-state index contributed by atoms with van der Waals surface area (Å²) < 4.78 is 17.9. The third kappa shape index (κ3) is 2.16. The van der Waals surface area contributed by atoms with Gasteiger partial charge >= 0.3 is 0 Å². The van der Waals surface area contributed by atoms with Crippen molar-refractivity contribution in [3.8, 4) is 0 Å². The molecule has 4 atom stereocenters. The maximum Gasteiger partial charge on any atom is 0.252 e. The van der Waals surface area contributed by atoms with Crippen LogP contribution >= 0.6 is 0 Å². The van der Waals surface area contributed by atoms with Gasteiger partial charge in [0.15, 0.2) is 6.23 Å². The van der Waals surface area contributed by atoms with Crippen molar-refractivity contribution in [1.29, 1.82) is 0 Å². The number of para-hydroxylation sites is 2. The molecule has 0 spiro atoms. The Morgan fingerprint density at radius 3 is 2.51 bits per heavy atom. The Morgan fingerprint density at radius 1 is 1.06 bits per heavy atom. The fourth-order valence-electron chi connectivity index (χ4n) is 7.22. The smallest absolute Gasteiger partial charge is 0.252 e. The number of carbonyl (C=O) groups excluding carboxylic acids is 1. The van der Waals surface area contributed by atoms with E-state index < -0.39 is 5.72 Å². The van der Waals surface area contributed by atoms with Crippen LogP contribution in [0, 0.1) is 0 Å². The Labute approximate surface area is 201 Å². The maximum absolute atomic E-state index is 13.3. The van der Waals surface area contributed by atoms with Crippen molar-refractivity contribution in [1.82, 2.24) is 19.8 Å². The molecule has 5 aromatic rings. The summed E-state index contributed by atoms with van der Waals surface area (Å²) in [5.74, 6) is -0.00243. The zero-order valence-corrected chi connectivity index (χ0v) is 19.9. The van der Waals surface area contributed by atoms with Crippen LogP contribution in [0.15, 0.2) is 48.5 Å². The fourth-order valence-corrected chi connectivity index (χ4v) is 7.22. The van der Waals surface area contributed by atoms with Gasteiger partial charge in [-0.25, -0.2) is 0 Å². The highest BCUT2D eigenvalue weighted by Gasteiger charge is 2.51. The molecule has 7 heteroatoms. The summed E-state index contributed by atoms with van der Waals surface area (Å²) in [7, 11) is 3.76. The highest BCUT2D eigenvalue weighted by atomic mass is 16.6. The van der Waals surface area contributed by atoms with Crippen molar-refractivity contribution in [2.75, 3.05) is 14.2 Å². The van der Waals surface area contributed by atoms with Crippen LogP contribution in [0.4, 0.5) is 0 Å². The van der Waals surface area contributed by atoms with Crippen molar-refractivity contribution < 1.29 is 14.3 Å². The molecule has 2 bridgehead atoms. The first-order valence-electron chi connectivity index (χ1n) is 12.2. The number of nitrogens with zero attached hydrogens (tertiary/aromatic N) is 2. The highest BCUT2D eigenvalue weighted by molar-refractivity contribution is 6.31. The molecule has 3 aliphatic rings. The predicted molar refractivity (Wildman–Crippen MR) is 136 cm³/mol. The number of fused-ring (bicyclic) bond motifs is 13. The Bertz CT molecular complexity index is 1750. The zero-order valence-electron chi connectivity index (χ0n) is 19.9. The van der Waals surface area contributed by atoms with Crippen LogP contribution in [0.25, 0.3) is 43.6 Å². The SMILES string of the molecule is CNC1CC2(C)OC(C1OC)n1c3ccccc3c3c4c(c5c6ccccc6n2c5c31)CNC4=O. The summed E-state index contributed by atoms with van der Waals surface area (Å²) in [6, 6.07) is 17.0. The molecule has 3 aromatic carbocycles. The van der Waals surface area contributed by atoms with E-state index in [1.807, 2.05) is 13.1 Å². The minimum atomic E-state index is -0.605. The van der Waals surface area contributed by atoms with Crippen LogP contribution in [0.1, 0.15) is 35.5 Å². The van der Waals surface area contributed by atoms with E-state index >= 15 is 0 Å². The van der Waals surface area contributed by atoms with E-state index in [4.69, 9.17) is 9.47 Å². The molecular formula is C28H26N4O3. The number of hydrogen-bond donors (Lipinski definition) is 2. The fraction of sp³-hybridized carbons (Fsp3) is 0.321. The second kappa shape index (κ2) is 6.43. The van der Waals surface area contributed by atoms with Gasteiger partial charge in [-0.2, -0.15) is 0 Å². The number of carbonyl (C=O) groups is 1. The molecule has 7 nitrogen and oxygen atoms in total. The number of aromatic nitrogens is 2. The number of ether oxygens (including phenoxy) is 2. The van der Waals surface area contributed by atoms with Crippen LogP contribution in [0.3, 0.4) is 0 Å². The summed E-state index contributed by atoms with van der Waals surface area (Å²) in [5.41, 5.74) is 5.66. The molecule has 1 fully saturated rings. The Balaban J connectivity index is 1.72. The monoisotopic (exact) mass is 466 g/mol. The average molecular weight is 467 g/mol. The van der Waals surface area contributed by atoms with Crippen LogP contribution < -0.4 is 10.6 Å². The van der Waals surface area contributed by atoms with E-state index in [2.05, 4.69) is 69.2 Å². The van der Waals surface area contributed by atoms with Gasteiger partial charge in [0.2, 0.25) is 0 Å². The predicted octanol–water partition coefficient (Wildman–Crippen LogP) is 4.35. The molecule has 2 N–H and O–H groups in total. The molecule has 4 unspecified atom stereocenters. The number of benzene rings is 3. The van der Waals surface area contributed by atoms with Gasteiger partial charge in [0.05, 0.1) is 27.6 Å². The number of methoxy groups -OCH3 is 1. The molecule has 0 saturated carbocycles. The summed E-state index contributed by atoms with van der Waals surface area (Å²) >= 11 is 0. The molecule has 8 rings (SSSR count). The Hall–Kier alpha value is -3.39. The van der Waals surface area contributed by atoms with Gasteiger partial charge in [0.1, 0.15) is 11.8 Å². The van der Waals surface area contributed by atoms with E-state index in [0.717, 1.165) is 61.2 Å². The topological polar surface area (TPSA) is 69.5 Å². The minimum Gasteiger partial charge on any atom is -0.375 e. The average Bonchev–Trinajstić information content (AvgIpc) is 3.51. The van der Waals surface area contributed by atoms with Gasteiger partial charge in [-0.05, 0) is 31.7 Å². The van der Waals surface area contributed by atoms with Gasteiger partial charge in [-0.3, -0.25) is 4.79 Å². The number of amides is 1. The van der Waals surface area contributed by atoms with Crippen molar-refractivity contribution in [2.24, 2.45) is 0 Å². The van der Waals surface area contributed by atoms with E-state index in [1.54, 1.807) is 7.11 Å². The maximum atomic E-state index is 13.3. The second-order valence-electron chi connectivity index (χ2n) is 10.2. The lowest BCUT2D eigenvalue weighted by atomic mass is 9.94. The summed E-state index contributed by atoms with van der Waals surface area (Å²) in [6.45, 7) is 2.73. The lowest BCUT2D eigenvalue weighted by Gasteiger charge is -2.47. The van der Waals surface area contributed by atoms with Crippen LogP contribution in [0.5, 0.6) is 0 Å². The van der Waals surface area contributed by atoms with Crippen LogP contribution in [-0.4, -0.2) is 41.3 Å². The molecule has 5 heterocycles. The highest BCUT2D eigenvalue weighted by Crippen LogP contribution is 2.53. The van der Waals surface area contributed by atoms with Crippen molar-refractivity contribution in [3.05, 3.63) is 59.7 Å². The molecular weight excluding hydrogens is 440 g/mol. The van der Waals surface area contributed by atoms with E-state index in [9.17, 15) is 4.79 Å². The first kappa shape index (κ1) is 19.9. The van der Waals surface area contributed by atoms with Gasteiger partial charge < -0.3 is 29.2 Å². The van der Waals surface area contributed by atoms with Gasteiger partial charge in [0.25, 0.3) is 5.91 Å². The van der Waals surface area contributed by atoms with E-state index in [0.29, 0.717) is 6.54 Å². The minimum absolute atomic E-state index is 0.00243. The molecule has 3 aliphatic heterocycles. The standard InChI is InChI=1S/C28H26N4O3/c1-28-12-17(29-2)25(34-3)27(35-28)31-18-10-6-4-8-14(18)21-22-16(13-30-26(22)33)20-15-9-5-7-11-19(15)32(28)24(20)23(21)31/h4-11,17,25,27,29H,12-13H2,1-3H3,(H,30,33). The van der Waals surface area contributed by atoms with Crippen molar-refractivity contribution >= 4 is 49.5 Å². The van der Waals surface area contributed by atoms with Crippen LogP contribution in [-0.2, 0) is 21.7 Å². The molecule has 35 heavy (non-hydrogen) atoms. The largest absolute Gasteiger partial charge is 0.375 e. The Morgan fingerprint density at radius 2 is 1.77 bits per heavy atom. The first-order valence-corrected chi connectivity index (χ1v) is 12.2. The third-order valence-electron chi connectivity index (χ3n) is 8.54. The molecule has 1 amide bonds. The lowest BCUT2D eigenvalue weighted by molar-refractivity contribution is -0.242. The van der Waals surface area contributed by atoms with Crippen molar-refractivity contribution in [3.63, 3.8) is 0 Å². The van der Waals surface area contributed by atoms with E-state index in [-0.39, 0.29) is 24.3 Å². The normalized spacial score (nSPS) is 27.3. The molecule has 0 radical (unpaired) electrons. The molecule has 0 aliphatic carbocycles. The van der Waals surface area contributed by atoms with E-state index in [1.165, 1.54) is 0 Å². The lowest BCUT2D eigenvalue weighted by Crippen LogP contribution is -2.56. The number of hydrogen-bond acceptors (Lipinski definition) is 4. The summed E-state index contributed by atoms with van der Waals surface area (Å²) in [5, 5.41) is 11.0. The first-order chi connectivity index (χ1) is 17.1. The Kier molecular flexibility index (Phi) is 3.65. The third-order valence-corrected chi connectivity index (χ3v) is 8.54. The zero-order chi connectivity index (χ0) is 23.6. The molecule has 1 saturated heterocycles. The van der Waals surface area contributed by atoms with Crippen molar-refractivity contribution in [2.45, 2.75) is 44.0 Å². The number of nitrogens with one attached hydrogen (secondary N) is 2. The van der Waals surface area contributed by atoms with Gasteiger partial charge in [-0.15, -0.1) is 0 Å². The molecule has 176 valence electrons. The summed E-state index contributed by atoms with van der Waals surface area (Å²) in [6.07, 6.45) is 0.202.